The van der Waals surface area contributed by atoms with Crippen LogP contribution >= 0.6 is 0 Å². The maximum atomic E-state index is 11.9. The molecule has 1 N–H and O–H groups in total. The maximum Gasteiger partial charge on any atom is 0.410 e. The highest BCUT2D eigenvalue weighted by atomic mass is 16.6. The number of carbonyl (C=O) groups is 2. The molecule has 2 heterocycles. The van der Waals surface area contributed by atoms with Crippen LogP contribution in [0.4, 0.5) is 4.79 Å². The first-order valence-electron chi connectivity index (χ1n) is 6.11. The van der Waals surface area contributed by atoms with Crippen LogP contribution in [-0.2, 0) is 19.0 Å². The molecule has 3 atom stereocenters. The molecular weight excluding hydrogens is 254 g/mol. The predicted octanol–water partition coefficient (Wildman–Crippen LogP) is 0.252. The number of carboxylic acids is 1. The van der Waals surface area contributed by atoms with Crippen molar-refractivity contribution in [3.63, 3.8) is 0 Å². The average molecular weight is 271 g/mol. The number of carboxylic acid groups (broad SMARTS) is 1. The number of carbonyl (C=O) groups excluding carboxylic acids is 1. The lowest BCUT2D eigenvalue weighted by Gasteiger charge is -2.39. The van der Waals surface area contributed by atoms with Gasteiger partial charge in [-0.25, -0.2) is 4.79 Å². The van der Waals surface area contributed by atoms with E-state index in [1.165, 1.54) is 11.0 Å². The highest BCUT2D eigenvalue weighted by molar-refractivity contribution is 5.70. The minimum Gasteiger partial charge on any atom is -0.481 e. The SMILES string of the molecule is C=CCOC(=O)N1C[C@@H](CC(=O)O)O[C@@H]2COC[C@H]21. The van der Waals surface area contributed by atoms with Gasteiger partial charge in [0.15, 0.2) is 0 Å². The van der Waals surface area contributed by atoms with Crippen molar-refractivity contribution in [3.8, 4) is 0 Å². The fourth-order valence-electron chi connectivity index (χ4n) is 2.32. The first-order chi connectivity index (χ1) is 9.11. The Morgan fingerprint density at radius 2 is 2.26 bits per heavy atom. The van der Waals surface area contributed by atoms with Gasteiger partial charge in [-0.3, -0.25) is 9.69 Å². The van der Waals surface area contributed by atoms with Gasteiger partial charge in [-0.1, -0.05) is 12.7 Å². The van der Waals surface area contributed by atoms with E-state index in [9.17, 15) is 9.59 Å². The van der Waals surface area contributed by atoms with Gasteiger partial charge >= 0.3 is 12.1 Å². The molecule has 7 heteroatoms. The zero-order valence-corrected chi connectivity index (χ0v) is 10.5. The Balaban J connectivity index is 2.03. The van der Waals surface area contributed by atoms with Crippen molar-refractivity contribution < 1.29 is 28.9 Å². The summed E-state index contributed by atoms with van der Waals surface area (Å²) >= 11 is 0. The molecule has 2 saturated heterocycles. The van der Waals surface area contributed by atoms with E-state index in [2.05, 4.69) is 6.58 Å². The molecule has 0 aliphatic carbocycles. The molecule has 2 aliphatic rings. The highest BCUT2D eigenvalue weighted by Gasteiger charge is 2.44. The van der Waals surface area contributed by atoms with E-state index in [-0.39, 0.29) is 31.7 Å². The number of amides is 1. The van der Waals surface area contributed by atoms with E-state index < -0.39 is 18.2 Å². The molecule has 2 fully saturated rings. The summed E-state index contributed by atoms with van der Waals surface area (Å²) in [5, 5.41) is 8.81. The van der Waals surface area contributed by atoms with E-state index in [0.29, 0.717) is 13.2 Å². The lowest BCUT2D eigenvalue weighted by Crippen LogP contribution is -2.57. The number of nitrogens with zero attached hydrogens (tertiary/aromatic N) is 1. The molecule has 0 saturated carbocycles. The first-order valence-corrected chi connectivity index (χ1v) is 6.11. The summed E-state index contributed by atoms with van der Waals surface area (Å²) in [5.41, 5.74) is 0. The summed E-state index contributed by atoms with van der Waals surface area (Å²) in [6.45, 7) is 4.55. The molecular formula is C12H17NO6. The van der Waals surface area contributed by atoms with Gasteiger partial charge in [0.05, 0.1) is 38.3 Å². The monoisotopic (exact) mass is 271 g/mol. The molecule has 1 amide bonds. The van der Waals surface area contributed by atoms with Gasteiger partial charge in [0, 0.05) is 0 Å². The third kappa shape index (κ3) is 3.24. The molecule has 0 spiro atoms. The van der Waals surface area contributed by atoms with Crippen LogP contribution in [0.5, 0.6) is 0 Å². The minimum absolute atomic E-state index is 0.123. The number of rotatable bonds is 4. The van der Waals surface area contributed by atoms with Gasteiger partial charge in [-0.15, -0.1) is 0 Å². The van der Waals surface area contributed by atoms with Crippen molar-refractivity contribution in [1.29, 1.82) is 0 Å². The Hall–Kier alpha value is -1.60. The third-order valence-electron chi connectivity index (χ3n) is 3.13. The van der Waals surface area contributed by atoms with Crippen molar-refractivity contribution in [2.24, 2.45) is 0 Å². The topological polar surface area (TPSA) is 85.3 Å². The van der Waals surface area contributed by atoms with Crippen LogP contribution in [0.25, 0.3) is 0 Å². The second-order valence-corrected chi connectivity index (χ2v) is 4.52. The van der Waals surface area contributed by atoms with Crippen LogP contribution in [-0.4, -0.2) is 66.7 Å². The molecule has 0 radical (unpaired) electrons. The molecule has 2 rings (SSSR count). The molecule has 106 valence electrons. The third-order valence-corrected chi connectivity index (χ3v) is 3.13. The largest absolute Gasteiger partial charge is 0.481 e. The normalized spacial score (nSPS) is 29.7. The van der Waals surface area contributed by atoms with E-state index in [0.717, 1.165) is 0 Å². The Labute approximate surface area is 110 Å². The average Bonchev–Trinajstić information content (AvgIpc) is 2.82. The molecule has 0 aromatic heterocycles. The number of fused-ring (bicyclic) bond motifs is 1. The van der Waals surface area contributed by atoms with Crippen LogP contribution in [0.3, 0.4) is 0 Å². The van der Waals surface area contributed by atoms with E-state index in [4.69, 9.17) is 19.3 Å². The quantitative estimate of drug-likeness (QED) is 0.738. The molecule has 0 unspecified atom stereocenters. The smallest absolute Gasteiger partial charge is 0.410 e. The van der Waals surface area contributed by atoms with Crippen molar-refractivity contribution in [1.82, 2.24) is 4.90 Å². The molecule has 2 aliphatic heterocycles. The van der Waals surface area contributed by atoms with E-state index >= 15 is 0 Å². The molecule has 0 aromatic carbocycles. The van der Waals surface area contributed by atoms with E-state index in [1.807, 2.05) is 0 Å². The maximum absolute atomic E-state index is 11.9. The zero-order valence-electron chi connectivity index (χ0n) is 10.5. The Bertz CT molecular complexity index is 371. The van der Waals surface area contributed by atoms with Crippen LogP contribution < -0.4 is 0 Å². The number of morpholine rings is 1. The Kier molecular flexibility index (Phi) is 4.39. The van der Waals surface area contributed by atoms with Crippen molar-refractivity contribution in [2.75, 3.05) is 26.4 Å². The van der Waals surface area contributed by atoms with Gasteiger partial charge in [0.1, 0.15) is 12.7 Å². The molecule has 7 nitrogen and oxygen atoms in total. The van der Waals surface area contributed by atoms with Gasteiger partial charge in [-0.05, 0) is 0 Å². The minimum atomic E-state index is -0.957. The van der Waals surface area contributed by atoms with Gasteiger partial charge < -0.3 is 19.3 Å². The van der Waals surface area contributed by atoms with Crippen LogP contribution in [0.1, 0.15) is 6.42 Å². The van der Waals surface area contributed by atoms with Gasteiger partial charge in [-0.2, -0.15) is 0 Å². The summed E-state index contributed by atoms with van der Waals surface area (Å²) in [6, 6.07) is -0.206. The lowest BCUT2D eigenvalue weighted by atomic mass is 10.1. The summed E-state index contributed by atoms with van der Waals surface area (Å²) in [7, 11) is 0. The van der Waals surface area contributed by atoms with E-state index in [1.54, 1.807) is 0 Å². The van der Waals surface area contributed by atoms with Crippen molar-refractivity contribution in [2.45, 2.75) is 24.7 Å². The fraction of sp³-hybridized carbons (Fsp3) is 0.667. The van der Waals surface area contributed by atoms with Gasteiger partial charge in [0.2, 0.25) is 0 Å². The molecule has 19 heavy (non-hydrogen) atoms. The zero-order chi connectivity index (χ0) is 13.8. The molecule has 0 bridgehead atoms. The number of hydrogen-bond acceptors (Lipinski definition) is 5. The second kappa shape index (κ2) is 6.03. The second-order valence-electron chi connectivity index (χ2n) is 4.52. The predicted molar refractivity (Wildman–Crippen MR) is 63.8 cm³/mol. The van der Waals surface area contributed by atoms with Crippen LogP contribution in [0.2, 0.25) is 0 Å². The standard InChI is InChI=1S/C12H17NO6/c1-2-3-18-12(16)13-5-8(4-11(14)15)19-10-7-17-6-9(10)13/h2,8-10H,1,3-7H2,(H,14,15)/t8-,9-,10-/m1/s1. The fourth-order valence-corrected chi connectivity index (χ4v) is 2.32. The molecule has 0 aromatic rings. The number of hydrogen-bond donors (Lipinski definition) is 1. The van der Waals surface area contributed by atoms with Crippen LogP contribution in [0, 0.1) is 0 Å². The van der Waals surface area contributed by atoms with Crippen molar-refractivity contribution >= 4 is 12.1 Å². The number of ether oxygens (including phenoxy) is 3. The van der Waals surface area contributed by atoms with Crippen molar-refractivity contribution in [3.05, 3.63) is 12.7 Å². The highest BCUT2D eigenvalue weighted by Crippen LogP contribution is 2.25. The summed E-state index contributed by atoms with van der Waals surface area (Å²) in [5.74, 6) is -0.957. The Morgan fingerprint density at radius 1 is 1.47 bits per heavy atom. The summed E-state index contributed by atoms with van der Waals surface area (Å²) in [4.78, 5) is 24.2. The van der Waals surface area contributed by atoms with Gasteiger partial charge in [0.25, 0.3) is 0 Å². The summed E-state index contributed by atoms with van der Waals surface area (Å²) < 4.78 is 15.9. The van der Waals surface area contributed by atoms with Crippen LogP contribution in [0.15, 0.2) is 12.7 Å². The first kappa shape index (κ1) is 13.8. The Morgan fingerprint density at radius 3 is 2.95 bits per heavy atom. The number of aliphatic carboxylic acids is 1. The lowest BCUT2D eigenvalue weighted by molar-refractivity contribution is -0.146. The summed E-state index contributed by atoms with van der Waals surface area (Å²) in [6.07, 6.45) is 0.0367.